The van der Waals surface area contributed by atoms with Crippen LogP contribution in [0.4, 0.5) is 0 Å². The van der Waals surface area contributed by atoms with Gasteiger partial charge in [0, 0.05) is 12.8 Å². The van der Waals surface area contributed by atoms with Crippen molar-refractivity contribution in [3.05, 3.63) is 122 Å². The van der Waals surface area contributed by atoms with Crippen LogP contribution in [0.1, 0.15) is 361 Å². The molecule has 2 atom stereocenters. The number of ether oxygens (including phenoxy) is 2. The molecule has 1 N–H and O–H groups in total. The highest BCUT2D eigenvalue weighted by atomic mass is 31.2. The quantitative estimate of drug-likeness (QED) is 0.0211. The van der Waals surface area contributed by atoms with Crippen molar-refractivity contribution in [2.75, 3.05) is 47.5 Å². The monoisotopic (exact) mass is 1360 g/mol. The number of rotatable bonds is 74. The van der Waals surface area contributed by atoms with Crippen LogP contribution in [0.3, 0.4) is 0 Å². The highest BCUT2D eigenvalue weighted by Crippen LogP contribution is 2.43. The molecule has 0 aliphatic carbocycles. The Balaban J connectivity index is 3.96. The first-order valence-electron chi connectivity index (χ1n) is 40.3. The van der Waals surface area contributed by atoms with E-state index in [4.69, 9.17) is 18.5 Å². The van der Waals surface area contributed by atoms with Gasteiger partial charge in [-0.3, -0.25) is 18.6 Å². The van der Waals surface area contributed by atoms with Gasteiger partial charge in [0.2, 0.25) is 0 Å². The summed E-state index contributed by atoms with van der Waals surface area (Å²) in [7, 11) is 1.48. The molecule has 9 nitrogen and oxygen atoms in total. The molecule has 0 aromatic heterocycles. The summed E-state index contributed by atoms with van der Waals surface area (Å²) in [5.41, 5.74) is 0. The van der Waals surface area contributed by atoms with Gasteiger partial charge in [-0.1, -0.05) is 360 Å². The number of carbonyl (C=O) groups is 2. The molecule has 0 bridgehead atoms. The summed E-state index contributed by atoms with van der Waals surface area (Å²) in [6, 6.07) is 0. The Morgan fingerprint density at radius 1 is 0.333 bits per heavy atom. The molecule has 0 spiro atoms. The minimum absolute atomic E-state index is 0.0281. The average Bonchev–Trinajstić information content (AvgIpc) is 1.48. The molecule has 0 aliphatic heterocycles. The minimum atomic E-state index is -4.40. The van der Waals surface area contributed by atoms with E-state index in [1.165, 1.54) is 225 Å². The summed E-state index contributed by atoms with van der Waals surface area (Å²) in [6.07, 6.45) is 109. The molecule has 0 aromatic rings. The zero-order valence-corrected chi connectivity index (χ0v) is 64.2. The maximum absolute atomic E-state index is 12.9. The van der Waals surface area contributed by atoms with Crippen LogP contribution in [0.15, 0.2) is 122 Å². The van der Waals surface area contributed by atoms with E-state index in [2.05, 4.69) is 135 Å². The van der Waals surface area contributed by atoms with Crippen molar-refractivity contribution in [2.45, 2.75) is 367 Å². The minimum Gasteiger partial charge on any atom is -0.462 e. The molecule has 0 radical (unpaired) electrons. The Morgan fingerprint density at radius 3 is 0.885 bits per heavy atom. The maximum Gasteiger partial charge on any atom is 0.472 e. The van der Waals surface area contributed by atoms with Gasteiger partial charge in [-0.2, -0.15) is 0 Å². The smallest absolute Gasteiger partial charge is 0.462 e. The van der Waals surface area contributed by atoms with Gasteiger partial charge in [0.1, 0.15) is 19.8 Å². The number of quaternary nitrogens is 1. The van der Waals surface area contributed by atoms with Crippen LogP contribution in [0.2, 0.25) is 0 Å². The number of hydrogen-bond acceptors (Lipinski definition) is 7. The van der Waals surface area contributed by atoms with Gasteiger partial charge in [0.25, 0.3) is 0 Å². The summed E-state index contributed by atoms with van der Waals surface area (Å²) in [5, 5.41) is 0. The van der Waals surface area contributed by atoms with Crippen molar-refractivity contribution in [2.24, 2.45) is 0 Å². The van der Waals surface area contributed by atoms with Gasteiger partial charge in [-0.05, 0) is 109 Å². The summed E-state index contributed by atoms with van der Waals surface area (Å²) >= 11 is 0. The zero-order valence-electron chi connectivity index (χ0n) is 63.3. The van der Waals surface area contributed by atoms with Crippen LogP contribution in [0.25, 0.3) is 0 Å². The number of phosphoric ester groups is 1. The first kappa shape index (κ1) is 92.4. The second-order valence-electron chi connectivity index (χ2n) is 28.1. The summed E-state index contributed by atoms with van der Waals surface area (Å²) in [4.78, 5) is 36.0. The fourth-order valence-electron chi connectivity index (χ4n) is 11.4. The molecule has 96 heavy (non-hydrogen) atoms. The fourth-order valence-corrected chi connectivity index (χ4v) is 12.1. The molecule has 0 aliphatic rings. The van der Waals surface area contributed by atoms with Crippen molar-refractivity contribution < 1.29 is 42.1 Å². The standard InChI is InChI=1S/C86H152NO8P/c1-6-8-10-12-14-16-18-20-22-24-26-28-30-32-34-36-38-40-41-42-43-44-45-47-48-50-52-54-56-58-60-62-64-66-68-70-72-74-76-78-85(88)92-82-84(83-94-96(90,91)93-81-80-87(3,4)5)95-86(89)79-77-75-73-71-69-67-65-63-61-59-57-55-53-51-49-46-39-37-35-33-31-29-27-25-23-21-19-17-15-13-11-9-7-2/h9,11,15,17-18,20-21,23-24,26-27,29-30,32-33,35,39,46,51,53,84H,6-8,10,12-14,16,19,22,25,28,31,34,36-38,40-45,47-50,52,54-83H2,1-5H3/p+1/b11-9-,17-15-,20-18-,23-21-,26-24-,29-27-,32-30-,35-33-,46-39-,53-51-. The van der Waals surface area contributed by atoms with E-state index in [1.807, 2.05) is 21.1 Å². The Morgan fingerprint density at radius 2 is 0.594 bits per heavy atom. The molecule has 0 fully saturated rings. The molecule has 554 valence electrons. The lowest BCUT2D eigenvalue weighted by atomic mass is 10.0. The molecular formula is C86H153NO8P+. The van der Waals surface area contributed by atoms with Crippen LogP contribution in [-0.4, -0.2) is 74.9 Å². The van der Waals surface area contributed by atoms with E-state index in [0.29, 0.717) is 17.4 Å². The summed E-state index contributed by atoms with van der Waals surface area (Å²) in [6.45, 7) is 4.34. The molecule has 2 unspecified atom stereocenters. The highest BCUT2D eigenvalue weighted by Gasteiger charge is 2.27. The molecule has 0 heterocycles. The van der Waals surface area contributed by atoms with E-state index in [0.717, 1.165) is 103 Å². The van der Waals surface area contributed by atoms with E-state index >= 15 is 0 Å². The third-order valence-corrected chi connectivity index (χ3v) is 18.5. The lowest BCUT2D eigenvalue weighted by molar-refractivity contribution is -0.870. The number of likely N-dealkylation sites (N-methyl/N-ethyl adjacent to an activating group) is 1. The largest absolute Gasteiger partial charge is 0.472 e. The number of allylic oxidation sites excluding steroid dienone is 20. The Bertz CT molecular complexity index is 2040. The second-order valence-corrected chi connectivity index (χ2v) is 29.5. The van der Waals surface area contributed by atoms with Gasteiger partial charge < -0.3 is 18.9 Å². The van der Waals surface area contributed by atoms with Crippen molar-refractivity contribution in [1.29, 1.82) is 0 Å². The molecule has 10 heteroatoms. The van der Waals surface area contributed by atoms with Gasteiger partial charge >= 0.3 is 19.8 Å². The molecule has 0 aromatic carbocycles. The third-order valence-electron chi connectivity index (χ3n) is 17.5. The van der Waals surface area contributed by atoms with Crippen LogP contribution in [-0.2, 0) is 32.7 Å². The van der Waals surface area contributed by atoms with E-state index < -0.39 is 26.5 Å². The molecule has 0 rings (SSSR count). The maximum atomic E-state index is 12.9. The number of nitrogens with zero attached hydrogens (tertiary/aromatic N) is 1. The number of hydrogen-bond donors (Lipinski definition) is 1. The predicted octanol–water partition coefficient (Wildman–Crippen LogP) is 26.9. The van der Waals surface area contributed by atoms with Gasteiger partial charge in [0.15, 0.2) is 6.10 Å². The number of esters is 2. The van der Waals surface area contributed by atoms with Crippen molar-refractivity contribution in [3.63, 3.8) is 0 Å². The first-order valence-corrected chi connectivity index (χ1v) is 41.8. The Hall–Kier alpha value is -3.59. The topological polar surface area (TPSA) is 108 Å². The van der Waals surface area contributed by atoms with Crippen molar-refractivity contribution in [1.82, 2.24) is 0 Å². The summed E-state index contributed by atoms with van der Waals surface area (Å²) in [5.74, 6) is -0.791. The lowest BCUT2D eigenvalue weighted by Crippen LogP contribution is -2.37. The lowest BCUT2D eigenvalue weighted by Gasteiger charge is -2.24. The van der Waals surface area contributed by atoms with Crippen molar-refractivity contribution in [3.8, 4) is 0 Å². The SMILES string of the molecule is CC/C=C\C/C=C\C/C=C\C/C=C\C/C=C\C/C=C\C/C=C\CCCCCCCCCCCCCC(=O)OC(COC(=O)CCCCCCCCCCCCCCCCCCCCCCCCCC/C=C\C/C=C\C/C=C\CCCCCCC)COP(=O)(O)OCC[N+](C)(C)C. The third kappa shape index (κ3) is 79.4. The van der Waals surface area contributed by atoms with Gasteiger partial charge in [0.05, 0.1) is 27.7 Å². The predicted molar refractivity (Wildman–Crippen MR) is 418 cm³/mol. The number of unbranched alkanes of at least 4 members (excludes halogenated alkanes) is 40. The van der Waals surface area contributed by atoms with Crippen LogP contribution < -0.4 is 0 Å². The van der Waals surface area contributed by atoms with Gasteiger partial charge in [-0.25, -0.2) is 4.57 Å². The number of carbonyl (C=O) groups excluding carboxylic acids is 2. The van der Waals surface area contributed by atoms with Crippen LogP contribution in [0, 0.1) is 0 Å². The average molecular weight is 1360 g/mol. The van der Waals surface area contributed by atoms with E-state index in [1.54, 1.807) is 0 Å². The van der Waals surface area contributed by atoms with Crippen LogP contribution >= 0.6 is 7.82 Å². The molecule has 0 amide bonds. The Kier molecular flexibility index (Phi) is 72.8. The highest BCUT2D eigenvalue weighted by molar-refractivity contribution is 7.47. The normalized spacial score (nSPS) is 13.7. The summed E-state index contributed by atoms with van der Waals surface area (Å²) < 4.78 is 34.8. The molecule has 0 saturated heterocycles. The number of phosphoric acid groups is 1. The Labute approximate surface area is 594 Å². The first-order chi connectivity index (χ1) is 47.0. The van der Waals surface area contributed by atoms with E-state index in [9.17, 15) is 19.0 Å². The molecule has 0 saturated carbocycles. The molecular weight excluding hydrogens is 1210 g/mol. The second kappa shape index (κ2) is 75.6. The van der Waals surface area contributed by atoms with E-state index in [-0.39, 0.29) is 32.0 Å². The zero-order chi connectivity index (χ0) is 69.7. The van der Waals surface area contributed by atoms with Gasteiger partial charge in [-0.15, -0.1) is 0 Å². The van der Waals surface area contributed by atoms with Crippen LogP contribution in [0.5, 0.6) is 0 Å². The van der Waals surface area contributed by atoms with Crippen molar-refractivity contribution >= 4 is 19.8 Å². The fraction of sp³-hybridized carbons (Fsp3) is 0.744.